The number of rotatable bonds is 3. The smallest absolute Gasteiger partial charge is 0.403 e. The van der Waals surface area contributed by atoms with Crippen molar-refractivity contribution in [3.05, 3.63) is 29.6 Å². The van der Waals surface area contributed by atoms with Crippen molar-refractivity contribution in [2.75, 3.05) is 13.1 Å². The van der Waals surface area contributed by atoms with Crippen LogP contribution in [0.15, 0.2) is 18.5 Å². The third-order valence-corrected chi connectivity index (χ3v) is 5.73. The third kappa shape index (κ3) is 3.67. The highest BCUT2D eigenvalue weighted by molar-refractivity contribution is 6.47. The van der Waals surface area contributed by atoms with Crippen molar-refractivity contribution >= 4 is 13.1 Å². The van der Waals surface area contributed by atoms with Gasteiger partial charge in [0.25, 0.3) is 0 Å². The van der Waals surface area contributed by atoms with Crippen LogP contribution in [0.4, 0.5) is 4.79 Å². The van der Waals surface area contributed by atoms with Crippen LogP contribution in [0.3, 0.4) is 0 Å². The van der Waals surface area contributed by atoms with Crippen LogP contribution < -0.4 is 5.32 Å². The summed E-state index contributed by atoms with van der Waals surface area (Å²) in [6, 6.07) is 1.91. The van der Waals surface area contributed by atoms with Gasteiger partial charge < -0.3 is 19.5 Å². The Labute approximate surface area is 150 Å². The first-order chi connectivity index (χ1) is 11.7. The van der Waals surface area contributed by atoms with E-state index >= 15 is 0 Å². The Balaban J connectivity index is 1.53. The van der Waals surface area contributed by atoms with E-state index in [2.05, 4.69) is 38.0 Å². The minimum Gasteiger partial charge on any atom is -0.403 e. The van der Waals surface area contributed by atoms with Crippen molar-refractivity contribution < 1.29 is 14.1 Å². The van der Waals surface area contributed by atoms with E-state index in [1.807, 2.05) is 24.1 Å². The Bertz CT molecular complexity index is 634. The lowest BCUT2D eigenvalue weighted by Crippen LogP contribution is -2.41. The molecule has 0 radical (unpaired) electrons. The number of aromatic nitrogens is 1. The number of carbonyl (C=O) groups is 1. The fraction of sp³-hybridized carbons (Fsp3) is 0.667. The fourth-order valence-electron chi connectivity index (χ4n) is 3.26. The number of urea groups is 1. The molecule has 2 aliphatic heterocycles. The Hall–Kier alpha value is -1.60. The zero-order chi connectivity index (χ0) is 18.2. The Morgan fingerprint density at radius 3 is 2.68 bits per heavy atom. The number of nitrogens with one attached hydrogen (secondary N) is 1. The lowest BCUT2D eigenvalue weighted by Gasteiger charge is -2.32. The average molecular weight is 345 g/mol. The maximum atomic E-state index is 12.5. The van der Waals surface area contributed by atoms with E-state index in [4.69, 9.17) is 9.31 Å². The molecule has 6 nitrogen and oxygen atoms in total. The highest BCUT2D eigenvalue weighted by atomic mass is 16.7. The van der Waals surface area contributed by atoms with E-state index in [0.717, 1.165) is 24.1 Å². The van der Waals surface area contributed by atoms with Crippen LogP contribution in [0.1, 0.15) is 45.2 Å². The van der Waals surface area contributed by atoms with Gasteiger partial charge >= 0.3 is 13.1 Å². The standard InChI is InChI=1S/C18H28BN3O3/c1-13-10-20-8-6-14(13)11-21-16(23)22-9-7-15(12-22)19-24-17(2,3)18(4,5)25-19/h6,8,10,15H,7,9,11-12H2,1-5H3,(H,21,23). The van der Waals surface area contributed by atoms with Gasteiger partial charge in [0.15, 0.2) is 0 Å². The number of nitrogens with zero attached hydrogens (tertiary/aromatic N) is 2. The highest BCUT2D eigenvalue weighted by Crippen LogP contribution is 2.42. The summed E-state index contributed by atoms with van der Waals surface area (Å²) >= 11 is 0. The summed E-state index contributed by atoms with van der Waals surface area (Å²) in [6.07, 6.45) is 4.46. The van der Waals surface area contributed by atoms with Crippen LogP contribution in [0.2, 0.25) is 5.82 Å². The number of pyridine rings is 1. The molecule has 1 aromatic rings. The van der Waals surface area contributed by atoms with Crippen molar-refractivity contribution in [1.82, 2.24) is 15.2 Å². The number of amides is 2. The summed E-state index contributed by atoms with van der Waals surface area (Å²) in [5.74, 6) is 0.217. The second kappa shape index (κ2) is 6.61. The normalized spacial score (nSPS) is 24.6. The second-order valence-electron chi connectivity index (χ2n) is 8.08. The van der Waals surface area contributed by atoms with Gasteiger partial charge in [0, 0.05) is 37.8 Å². The molecule has 1 N–H and O–H groups in total. The number of carbonyl (C=O) groups excluding carboxylic acids is 1. The minimum atomic E-state index is -0.327. The SMILES string of the molecule is Cc1cnccc1CNC(=O)N1CCC(B2OC(C)(C)C(C)(C)O2)C1. The maximum absolute atomic E-state index is 12.5. The molecule has 1 aromatic heterocycles. The molecule has 2 saturated heterocycles. The molecule has 0 aromatic carbocycles. The zero-order valence-corrected chi connectivity index (χ0v) is 15.8. The predicted molar refractivity (Wildman–Crippen MR) is 97.2 cm³/mol. The molecule has 2 fully saturated rings. The Morgan fingerprint density at radius 2 is 2.04 bits per heavy atom. The quantitative estimate of drug-likeness (QED) is 0.856. The van der Waals surface area contributed by atoms with E-state index in [1.165, 1.54) is 0 Å². The molecule has 25 heavy (non-hydrogen) atoms. The van der Waals surface area contributed by atoms with Gasteiger partial charge in [-0.1, -0.05) is 0 Å². The first-order valence-corrected chi connectivity index (χ1v) is 8.97. The molecule has 1 unspecified atom stereocenters. The van der Waals surface area contributed by atoms with Crippen LogP contribution in [0.25, 0.3) is 0 Å². The van der Waals surface area contributed by atoms with Crippen LogP contribution in [0.5, 0.6) is 0 Å². The lowest BCUT2D eigenvalue weighted by atomic mass is 9.71. The number of aryl methyl sites for hydroxylation is 1. The monoisotopic (exact) mass is 345 g/mol. The predicted octanol–water partition coefficient (Wildman–Crippen LogP) is 2.77. The molecule has 7 heteroatoms. The molecule has 0 bridgehead atoms. The summed E-state index contributed by atoms with van der Waals surface area (Å²) in [5.41, 5.74) is 1.52. The first kappa shape index (κ1) is 18.2. The maximum Gasteiger partial charge on any atom is 0.463 e. The number of likely N-dealkylation sites (tertiary alicyclic amines) is 1. The van der Waals surface area contributed by atoms with Crippen molar-refractivity contribution in [2.24, 2.45) is 0 Å². The molecular weight excluding hydrogens is 317 g/mol. The minimum absolute atomic E-state index is 0.0322. The molecule has 2 amide bonds. The van der Waals surface area contributed by atoms with Crippen LogP contribution in [-0.4, -0.2) is 47.3 Å². The van der Waals surface area contributed by atoms with Gasteiger partial charge in [0.1, 0.15) is 0 Å². The van der Waals surface area contributed by atoms with Gasteiger partial charge in [-0.15, -0.1) is 0 Å². The van der Waals surface area contributed by atoms with Gasteiger partial charge in [-0.25, -0.2) is 4.79 Å². The average Bonchev–Trinajstić information content (AvgIpc) is 3.09. The number of hydrogen-bond donors (Lipinski definition) is 1. The summed E-state index contributed by atoms with van der Waals surface area (Å²) < 4.78 is 12.3. The van der Waals surface area contributed by atoms with Crippen molar-refractivity contribution in [1.29, 1.82) is 0 Å². The molecule has 136 valence electrons. The van der Waals surface area contributed by atoms with Crippen molar-refractivity contribution in [2.45, 2.75) is 64.6 Å². The molecule has 3 rings (SSSR count). The summed E-state index contributed by atoms with van der Waals surface area (Å²) in [6.45, 7) is 12.2. The van der Waals surface area contributed by atoms with E-state index in [9.17, 15) is 4.79 Å². The third-order valence-electron chi connectivity index (χ3n) is 5.73. The molecular formula is C18H28BN3O3. The topological polar surface area (TPSA) is 63.7 Å². The van der Waals surface area contributed by atoms with Crippen molar-refractivity contribution in [3.8, 4) is 0 Å². The summed E-state index contributed by atoms with van der Waals surface area (Å²) in [5, 5.41) is 3.00. The lowest BCUT2D eigenvalue weighted by molar-refractivity contribution is 0.00578. The van der Waals surface area contributed by atoms with Gasteiger partial charge in [0.05, 0.1) is 11.2 Å². The van der Waals surface area contributed by atoms with Gasteiger partial charge in [-0.05, 0) is 58.2 Å². The largest absolute Gasteiger partial charge is 0.463 e. The Morgan fingerprint density at radius 1 is 1.36 bits per heavy atom. The summed E-state index contributed by atoms with van der Waals surface area (Å²) in [7, 11) is -0.245. The molecule has 3 heterocycles. The zero-order valence-electron chi connectivity index (χ0n) is 15.8. The Kier molecular flexibility index (Phi) is 4.81. The molecule has 0 aliphatic carbocycles. The number of hydrogen-bond acceptors (Lipinski definition) is 4. The summed E-state index contributed by atoms with van der Waals surface area (Å²) in [4.78, 5) is 18.4. The van der Waals surface area contributed by atoms with E-state index in [1.54, 1.807) is 6.20 Å². The van der Waals surface area contributed by atoms with Crippen LogP contribution in [-0.2, 0) is 15.9 Å². The van der Waals surface area contributed by atoms with Crippen LogP contribution in [0, 0.1) is 6.92 Å². The van der Waals surface area contributed by atoms with E-state index in [-0.39, 0.29) is 30.2 Å². The fourth-order valence-corrected chi connectivity index (χ4v) is 3.26. The first-order valence-electron chi connectivity index (χ1n) is 8.97. The van der Waals surface area contributed by atoms with Gasteiger partial charge in [-0.3, -0.25) is 4.98 Å². The second-order valence-corrected chi connectivity index (χ2v) is 8.08. The van der Waals surface area contributed by atoms with E-state index < -0.39 is 0 Å². The van der Waals surface area contributed by atoms with E-state index in [0.29, 0.717) is 13.1 Å². The highest BCUT2D eigenvalue weighted by Gasteiger charge is 2.54. The molecule has 1 atom stereocenters. The molecule has 2 aliphatic rings. The van der Waals surface area contributed by atoms with Gasteiger partial charge in [0.2, 0.25) is 0 Å². The molecule has 0 saturated carbocycles. The van der Waals surface area contributed by atoms with Gasteiger partial charge in [-0.2, -0.15) is 0 Å². The molecule has 0 spiro atoms. The van der Waals surface area contributed by atoms with Crippen molar-refractivity contribution in [3.63, 3.8) is 0 Å². The van der Waals surface area contributed by atoms with Crippen LogP contribution >= 0.6 is 0 Å².